The molecule has 0 saturated carbocycles. The molecule has 6 nitrogen and oxygen atoms in total. The maximum atomic E-state index is 11.9. The van der Waals surface area contributed by atoms with Gasteiger partial charge in [-0.3, -0.25) is 4.79 Å². The summed E-state index contributed by atoms with van der Waals surface area (Å²) in [5.74, 6) is 3.12. The molecule has 0 aliphatic carbocycles. The molecule has 144 valence electrons. The average Bonchev–Trinajstić information content (AvgIpc) is 3.39. The second-order valence-electron chi connectivity index (χ2n) is 5.06. The number of carbonyl (C=O) groups excluding carboxylic acids is 1. The van der Waals surface area contributed by atoms with Crippen LogP contribution < -0.4 is 10.1 Å². The van der Waals surface area contributed by atoms with Gasteiger partial charge in [0.2, 0.25) is 11.8 Å². The van der Waals surface area contributed by atoms with E-state index in [1.54, 1.807) is 30.2 Å². The second kappa shape index (κ2) is 11.4. The number of methoxy groups -OCH3 is 1. The number of amides is 1. The van der Waals surface area contributed by atoms with E-state index in [1.165, 1.54) is 0 Å². The fourth-order valence-corrected chi connectivity index (χ4v) is 3.44. The molecule has 2 heterocycles. The fourth-order valence-electron chi connectivity index (χ4n) is 2.03. The minimum Gasteiger partial charge on any atom is -0.497 e. The summed E-state index contributed by atoms with van der Waals surface area (Å²) in [4.78, 5) is 12.9. The molecule has 2 aromatic heterocycles. The van der Waals surface area contributed by atoms with Gasteiger partial charge in [0.15, 0.2) is 0 Å². The SMILES string of the molecule is CC.COc1ccc(NC(=O)CCSCc2nnc(-c3cccs3)o2)cc1. The van der Waals surface area contributed by atoms with Crippen LogP contribution in [0.15, 0.2) is 46.2 Å². The Labute approximate surface area is 167 Å². The number of aromatic nitrogens is 2. The molecular formula is C19H23N3O3S2. The van der Waals surface area contributed by atoms with Crippen LogP contribution in [0, 0.1) is 0 Å². The van der Waals surface area contributed by atoms with Crippen LogP contribution in [0.25, 0.3) is 10.8 Å². The number of thioether (sulfide) groups is 1. The molecule has 0 unspecified atom stereocenters. The first-order valence-electron chi connectivity index (χ1n) is 8.62. The molecule has 8 heteroatoms. The maximum absolute atomic E-state index is 11.9. The molecule has 0 bridgehead atoms. The number of ether oxygens (including phenoxy) is 1. The van der Waals surface area contributed by atoms with Crippen molar-refractivity contribution in [1.82, 2.24) is 10.2 Å². The number of hydrogen-bond acceptors (Lipinski definition) is 7. The Morgan fingerprint density at radius 3 is 2.67 bits per heavy atom. The van der Waals surface area contributed by atoms with Gasteiger partial charge in [0.25, 0.3) is 5.89 Å². The molecule has 1 amide bonds. The fraction of sp³-hybridized carbons (Fsp3) is 0.316. The highest BCUT2D eigenvalue weighted by molar-refractivity contribution is 7.98. The Balaban J connectivity index is 0.00000126. The normalized spacial score (nSPS) is 10.0. The molecule has 1 N–H and O–H groups in total. The molecule has 0 aliphatic heterocycles. The van der Waals surface area contributed by atoms with Crippen LogP contribution in [0.3, 0.4) is 0 Å². The summed E-state index contributed by atoms with van der Waals surface area (Å²) in [5, 5.41) is 12.9. The summed E-state index contributed by atoms with van der Waals surface area (Å²) in [5.41, 5.74) is 0.758. The van der Waals surface area contributed by atoms with Gasteiger partial charge >= 0.3 is 0 Å². The van der Waals surface area contributed by atoms with Crippen LogP contribution in [-0.2, 0) is 10.5 Å². The van der Waals surface area contributed by atoms with Gasteiger partial charge in [0.05, 0.1) is 17.7 Å². The summed E-state index contributed by atoms with van der Waals surface area (Å²) in [6.45, 7) is 4.00. The lowest BCUT2D eigenvalue weighted by molar-refractivity contribution is -0.115. The zero-order chi connectivity index (χ0) is 19.5. The van der Waals surface area contributed by atoms with E-state index in [0.717, 1.165) is 16.3 Å². The third kappa shape index (κ3) is 6.73. The largest absolute Gasteiger partial charge is 0.497 e. The Hall–Kier alpha value is -2.32. The van der Waals surface area contributed by atoms with Gasteiger partial charge < -0.3 is 14.5 Å². The van der Waals surface area contributed by atoms with Gasteiger partial charge in [-0.25, -0.2) is 0 Å². The zero-order valence-corrected chi connectivity index (χ0v) is 17.2. The van der Waals surface area contributed by atoms with E-state index >= 15 is 0 Å². The van der Waals surface area contributed by atoms with Gasteiger partial charge in [-0.1, -0.05) is 19.9 Å². The lowest BCUT2D eigenvalue weighted by Gasteiger charge is -2.06. The van der Waals surface area contributed by atoms with Crippen molar-refractivity contribution < 1.29 is 13.9 Å². The molecule has 0 fully saturated rings. The first-order valence-corrected chi connectivity index (χ1v) is 10.7. The van der Waals surface area contributed by atoms with E-state index in [9.17, 15) is 4.79 Å². The van der Waals surface area contributed by atoms with Gasteiger partial charge in [0.1, 0.15) is 5.75 Å². The van der Waals surface area contributed by atoms with Crippen molar-refractivity contribution >= 4 is 34.7 Å². The monoisotopic (exact) mass is 405 g/mol. The third-order valence-corrected chi connectivity index (χ3v) is 5.07. The predicted octanol–water partition coefficient (Wildman–Crippen LogP) is 5.09. The Bertz CT molecular complexity index is 802. The van der Waals surface area contributed by atoms with Crippen molar-refractivity contribution in [2.75, 3.05) is 18.2 Å². The van der Waals surface area contributed by atoms with Crippen molar-refractivity contribution in [1.29, 1.82) is 0 Å². The molecule has 3 aromatic rings. The van der Waals surface area contributed by atoms with Crippen molar-refractivity contribution in [3.8, 4) is 16.5 Å². The predicted molar refractivity (Wildman–Crippen MR) is 111 cm³/mol. The smallest absolute Gasteiger partial charge is 0.257 e. The first-order chi connectivity index (χ1) is 13.2. The summed E-state index contributed by atoms with van der Waals surface area (Å²) >= 11 is 3.15. The van der Waals surface area contributed by atoms with E-state index in [1.807, 2.05) is 55.6 Å². The molecular weight excluding hydrogens is 382 g/mol. The van der Waals surface area contributed by atoms with Crippen LogP contribution in [0.4, 0.5) is 5.69 Å². The minimum absolute atomic E-state index is 0.0255. The molecule has 0 atom stereocenters. The van der Waals surface area contributed by atoms with Crippen LogP contribution in [-0.4, -0.2) is 29.0 Å². The van der Waals surface area contributed by atoms with Crippen molar-refractivity contribution in [3.63, 3.8) is 0 Å². The van der Waals surface area contributed by atoms with Gasteiger partial charge in [-0.05, 0) is 35.7 Å². The molecule has 3 rings (SSSR count). The Morgan fingerprint density at radius 1 is 1.22 bits per heavy atom. The van der Waals surface area contributed by atoms with Crippen LogP contribution in [0.2, 0.25) is 0 Å². The van der Waals surface area contributed by atoms with Crippen molar-refractivity contribution in [3.05, 3.63) is 47.7 Å². The molecule has 0 aliphatic rings. The molecule has 0 radical (unpaired) electrons. The highest BCUT2D eigenvalue weighted by atomic mass is 32.2. The summed E-state index contributed by atoms with van der Waals surface area (Å²) in [7, 11) is 1.61. The minimum atomic E-state index is -0.0255. The summed E-state index contributed by atoms with van der Waals surface area (Å²) in [6.07, 6.45) is 0.419. The quantitative estimate of drug-likeness (QED) is 0.526. The molecule has 1 aromatic carbocycles. The molecule has 0 spiro atoms. The number of thiophene rings is 1. The number of nitrogens with zero attached hydrogens (tertiary/aromatic N) is 2. The highest BCUT2D eigenvalue weighted by Gasteiger charge is 2.09. The number of rotatable bonds is 8. The van der Waals surface area contributed by atoms with Gasteiger partial charge in [-0.2, -0.15) is 11.8 Å². The Kier molecular flexibility index (Phi) is 8.86. The number of hydrogen-bond donors (Lipinski definition) is 1. The lowest BCUT2D eigenvalue weighted by atomic mass is 10.3. The van der Waals surface area contributed by atoms with Crippen LogP contribution in [0.5, 0.6) is 5.75 Å². The van der Waals surface area contributed by atoms with Crippen LogP contribution >= 0.6 is 23.1 Å². The third-order valence-electron chi connectivity index (χ3n) is 3.27. The zero-order valence-electron chi connectivity index (χ0n) is 15.6. The average molecular weight is 406 g/mol. The standard InChI is InChI=1S/C17H17N3O3S2.C2H6/c1-22-13-6-4-12(5-7-13)18-15(21)8-10-24-11-16-19-20-17(23-16)14-3-2-9-25-14;1-2/h2-7,9H,8,10-11H2,1H3,(H,18,21);1-2H3. The van der Waals surface area contributed by atoms with Crippen molar-refractivity contribution in [2.45, 2.75) is 26.0 Å². The second-order valence-corrected chi connectivity index (χ2v) is 7.11. The van der Waals surface area contributed by atoms with E-state index in [2.05, 4.69) is 15.5 Å². The first kappa shape index (κ1) is 21.0. The number of nitrogens with one attached hydrogen (secondary N) is 1. The number of benzene rings is 1. The van der Waals surface area contributed by atoms with Gasteiger partial charge in [0, 0.05) is 17.9 Å². The highest BCUT2D eigenvalue weighted by Crippen LogP contribution is 2.24. The van der Waals surface area contributed by atoms with E-state index in [-0.39, 0.29) is 5.91 Å². The summed E-state index contributed by atoms with van der Waals surface area (Å²) < 4.78 is 10.7. The van der Waals surface area contributed by atoms with E-state index in [0.29, 0.717) is 29.7 Å². The van der Waals surface area contributed by atoms with E-state index in [4.69, 9.17) is 9.15 Å². The van der Waals surface area contributed by atoms with E-state index < -0.39 is 0 Å². The maximum Gasteiger partial charge on any atom is 0.257 e. The van der Waals surface area contributed by atoms with Gasteiger partial charge in [-0.15, -0.1) is 21.5 Å². The number of anilines is 1. The molecule has 27 heavy (non-hydrogen) atoms. The van der Waals surface area contributed by atoms with Crippen molar-refractivity contribution in [2.24, 2.45) is 0 Å². The summed E-state index contributed by atoms with van der Waals surface area (Å²) in [6, 6.07) is 11.1. The van der Waals surface area contributed by atoms with Crippen LogP contribution in [0.1, 0.15) is 26.2 Å². The molecule has 0 saturated heterocycles. The Morgan fingerprint density at radius 2 is 2.00 bits per heavy atom. The topological polar surface area (TPSA) is 77.2 Å². The lowest BCUT2D eigenvalue weighted by Crippen LogP contribution is -2.12. The number of carbonyl (C=O) groups is 1.